The number of nitrogens with one attached hydrogen (secondary N) is 3. The summed E-state index contributed by atoms with van der Waals surface area (Å²) in [7, 11) is 0. The summed E-state index contributed by atoms with van der Waals surface area (Å²) >= 11 is 2.31. The van der Waals surface area contributed by atoms with Crippen molar-refractivity contribution in [1.82, 2.24) is 34.0 Å². The number of thiophene rings is 2. The number of primary amides is 1. The summed E-state index contributed by atoms with van der Waals surface area (Å²) in [6.07, 6.45) is 5.71. The molecule has 0 radical (unpaired) electrons. The first-order valence-corrected chi connectivity index (χ1v) is 27.8. The minimum atomic E-state index is -1.17. The van der Waals surface area contributed by atoms with Gasteiger partial charge < -0.3 is 36.3 Å². The van der Waals surface area contributed by atoms with E-state index in [2.05, 4.69) is 25.9 Å². The Balaban J connectivity index is 0.000000187. The molecule has 6 aromatic heterocycles. The van der Waals surface area contributed by atoms with Gasteiger partial charge in [-0.3, -0.25) is 48.1 Å². The second-order valence-electron chi connectivity index (χ2n) is 20.1. The Morgan fingerprint density at radius 1 is 0.651 bits per heavy atom. The molecule has 1 aliphatic rings. The lowest BCUT2D eigenvalue weighted by molar-refractivity contribution is 0.0545. The van der Waals surface area contributed by atoms with Crippen LogP contribution in [-0.4, -0.2) is 69.1 Å². The molecule has 1 fully saturated rings. The number of benzene rings is 4. The fourth-order valence-electron chi connectivity index (χ4n) is 9.16. The van der Waals surface area contributed by atoms with Crippen LogP contribution in [0.4, 0.5) is 20.2 Å². The van der Waals surface area contributed by atoms with Crippen LogP contribution in [0.15, 0.2) is 143 Å². The van der Waals surface area contributed by atoms with Crippen molar-refractivity contribution >= 4 is 78.1 Å². The predicted octanol–water partition coefficient (Wildman–Crippen LogP) is 10.7. The normalized spacial score (nSPS) is 12.2. The number of ether oxygens (including phenoxy) is 2. The molecule has 424 valence electrons. The van der Waals surface area contributed by atoms with Gasteiger partial charge >= 0.3 is 0 Å². The van der Waals surface area contributed by atoms with Gasteiger partial charge in [-0.05, 0) is 108 Å². The lowest BCUT2D eigenvalue weighted by Crippen LogP contribution is -2.32. The Bertz CT molecular complexity index is 4270. The molecule has 0 aliphatic heterocycles. The number of pyridine rings is 2. The summed E-state index contributed by atoms with van der Waals surface area (Å²) in [4.78, 5) is 86.8. The van der Waals surface area contributed by atoms with Gasteiger partial charge in [0.05, 0.1) is 65.1 Å². The summed E-state index contributed by atoms with van der Waals surface area (Å²) in [6.45, 7) is 9.13. The van der Waals surface area contributed by atoms with Crippen molar-refractivity contribution in [2.75, 3.05) is 10.6 Å². The largest absolute Gasteiger partial charge is 0.453 e. The highest BCUT2D eigenvalue weighted by Crippen LogP contribution is 2.38. The van der Waals surface area contributed by atoms with Gasteiger partial charge in [0.1, 0.15) is 22.6 Å². The third-order valence-electron chi connectivity index (χ3n) is 13.2. The van der Waals surface area contributed by atoms with Crippen molar-refractivity contribution in [2.24, 2.45) is 5.73 Å². The summed E-state index contributed by atoms with van der Waals surface area (Å²) in [5.41, 5.74) is 6.39. The summed E-state index contributed by atoms with van der Waals surface area (Å²) in [6, 6.07) is 32.4. The molecule has 0 spiro atoms. The molecule has 0 saturated heterocycles. The van der Waals surface area contributed by atoms with Gasteiger partial charge in [0.2, 0.25) is 0 Å². The number of hydrogen-bond donors (Lipinski definition) is 5. The molecule has 83 heavy (non-hydrogen) atoms. The number of anilines is 2. The Morgan fingerprint density at radius 2 is 1.11 bits per heavy atom. The third-order valence-corrected chi connectivity index (χ3v) is 15.5. The van der Waals surface area contributed by atoms with Gasteiger partial charge in [0, 0.05) is 60.6 Å². The molecular formula is C60H54F2N10O9S2. The van der Waals surface area contributed by atoms with Gasteiger partial charge in [0.15, 0.2) is 23.1 Å². The first kappa shape index (κ1) is 56.7. The highest BCUT2D eigenvalue weighted by Gasteiger charge is 2.29. The number of para-hydroxylation sites is 2. The number of amides is 4. The molecule has 6 heterocycles. The van der Waals surface area contributed by atoms with E-state index in [4.69, 9.17) is 15.2 Å². The first-order chi connectivity index (χ1) is 39.8. The summed E-state index contributed by atoms with van der Waals surface area (Å²) in [5.74, 6) is -3.13. The van der Waals surface area contributed by atoms with E-state index < -0.39 is 46.1 Å². The van der Waals surface area contributed by atoms with E-state index in [9.17, 15) is 33.9 Å². The topological polar surface area (TPSA) is 249 Å². The zero-order valence-electron chi connectivity index (χ0n) is 45.4. The van der Waals surface area contributed by atoms with Crippen molar-refractivity contribution < 1.29 is 42.5 Å². The predicted molar refractivity (Wildman–Crippen MR) is 313 cm³/mol. The van der Waals surface area contributed by atoms with Crippen LogP contribution in [0.25, 0.3) is 31.8 Å². The van der Waals surface area contributed by atoms with Crippen LogP contribution in [0.3, 0.4) is 0 Å². The molecule has 11 rings (SSSR count). The quantitative estimate of drug-likeness (QED) is 0.0573. The number of nitrogens with two attached hydrogens (primary N) is 1. The Hall–Kier alpha value is -9.58. The van der Waals surface area contributed by atoms with E-state index >= 15 is 8.78 Å². The standard InChI is InChI=1S/C32H30FN5O5S.C28H24FN5O4S/c1-18-27(31(41)38(21-7-5-4-6-8-21)37(18)17-32(2,3)42)30(40)36-20-11-12-24(22(33)15-20)43-25-13-14-34-23-16-26(44-28(23)25)29(39)35-19-9-10-19;1-3-13-33-16(2)24(28(37)34(33)18-7-5-4-6-8-18)27(36)32-17-9-10-21(19(29)14-17)38-22-11-12-31-20-15-23(26(30)35)39-25(20)22/h4-8,11-16,19,42H,9-10,17H2,1-3H3,(H,35,39)(H,36,40);4-12,14-15H,3,13H2,1-2H3,(H2,30,35)(H,32,36). The van der Waals surface area contributed by atoms with Gasteiger partial charge in [-0.15, -0.1) is 22.7 Å². The van der Waals surface area contributed by atoms with Gasteiger partial charge in [-0.2, -0.15) is 0 Å². The van der Waals surface area contributed by atoms with Gasteiger partial charge in [0.25, 0.3) is 34.7 Å². The molecule has 0 atom stereocenters. The molecule has 4 aromatic carbocycles. The van der Waals surface area contributed by atoms with E-state index in [1.165, 1.54) is 57.4 Å². The van der Waals surface area contributed by atoms with Gasteiger partial charge in [-0.1, -0.05) is 43.3 Å². The average Bonchev–Trinajstić information content (AvgIpc) is 2.41. The molecular weight excluding hydrogens is 1110 g/mol. The maximum absolute atomic E-state index is 15.3. The lowest BCUT2D eigenvalue weighted by Gasteiger charge is -2.22. The first-order valence-electron chi connectivity index (χ1n) is 26.2. The fourth-order valence-corrected chi connectivity index (χ4v) is 11.0. The minimum absolute atomic E-state index is 0.0184. The van der Waals surface area contributed by atoms with Gasteiger partial charge in [-0.25, -0.2) is 18.1 Å². The Morgan fingerprint density at radius 3 is 1.55 bits per heavy atom. The third kappa shape index (κ3) is 12.2. The van der Waals surface area contributed by atoms with Crippen molar-refractivity contribution in [3.63, 3.8) is 0 Å². The van der Waals surface area contributed by atoms with Crippen LogP contribution < -0.4 is 42.3 Å². The Labute approximate surface area is 480 Å². The molecule has 0 bridgehead atoms. The Kier molecular flexibility index (Phi) is 16.0. The van der Waals surface area contributed by atoms with Crippen molar-refractivity contribution in [1.29, 1.82) is 0 Å². The molecule has 1 aliphatic carbocycles. The van der Waals surface area contributed by atoms with Crippen molar-refractivity contribution in [3.8, 4) is 34.4 Å². The van der Waals surface area contributed by atoms with E-state index in [-0.39, 0.29) is 52.5 Å². The lowest BCUT2D eigenvalue weighted by atomic mass is 10.1. The molecule has 23 heteroatoms. The molecule has 0 unspecified atom stereocenters. The maximum atomic E-state index is 15.3. The monoisotopic (exact) mass is 1160 g/mol. The van der Waals surface area contributed by atoms with E-state index in [0.717, 1.165) is 42.7 Å². The van der Waals surface area contributed by atoms with Crippen LogP contribution in [0.5, 0.6) is 23.0 Å². The summed E-state index contributed by atoms with van der Waals surface area (Å²) in [5, 5.41) is 18.7. The summed E-state index contributed by atoms with van der Waals surface area (Å²) < 4.78 is 49.2. The minimum Gasteiger partial charge on any atom is -0.453 e. The number of nitrogens with zero attached hydrogens (tertiary/aromatic N) is 6. The number of carbonyl (C=O) groups is 4. The van der Waals surface area contributed by atoms with E-state index in [1.54, 1.807) is 97.7 Å². The fraction of sp³-hybridized carbons (Fsp3) is 0.200. The van der Waals surface area contributed by atoms with Crippen LogP contribution >= 0.6 is 22.7 Å². The number of fused-ring (bicyclic) bond motifs is 2. The molecule has 6 N–H and O–H groups in total. The highest BCUT2D eigenvalue weighted by molar-refractivity contribution is 7.21. The van der Waals surface area contributed by atoms with Crippen molar-refractivity contribution in [2.45, 2.75) is 78.6 Å². The van der Waals surface area contributed by atoms with E-state index in [0.29, 0.717) is 71.0 Å². The number of halogens is 2. The van der Waals surface area contributed by atoms with Crippen LogP contribution in [0.2, 0.25) is 0 Å². The molecule has 4 amide bonds. The second kappa shape index (κ2) is 23.5. The van der Waals surface area contributed by atoms with Crippen LogP contribution in [-0.2, 0) is 13.1 Å². The highest BCUT2D eigenvalue weighted by atomic mass is 32.1. The maximum Gasteiger partial charge on any atom is 0.284 e. The second-order valence-corrected chi connectivity index (χ2v) is 22.2. The smallest absolute Gasteiger partial charge is 0.284 e. The molecule has 10 aromatic rings. The number of hydrogen-bond acceptors (Lipinski definition) is 13. The molecule has 19 nitrogen and oxygen atoms in total. The number of aromatic nitrogens is 6. The van der Waals surface area contributed by atoms with Crippen molar-refractivity contribution in [3.05, 3.63) is 198 Å². The number of aliphatic hydroxyl groups is 1. The van der Waals surface area contributed by atoms with E-state index in [1.807, 2.05) is 31.2 Å². The van der Waals surface area contributed by atoms with Crippen LogP contribution in [0.1, 0.15) is 91.5 Å². The number of carbonyl (C=O) groups excluding carboxylic acids is 4. The molecule has 1 saturated carbocycles. The SMILES string of the molecule is CCCn1c(C)c(C(=O)Nc2ccc(Oc3ccnc4cc(C(N)=O)sc34)c(F)c2)c(=O)n1-c1ccccc1.Cc1c(C(=O)Nc2ccc(Oc3ccnc4cc(C(=O)NC5CC5)sc34)c(F)c2)c(=O)n(-c2ccccc2)n1CC(C)(C)O. The average molecular weight is 1160 g/mol. The zero-order chi connectivity index (χ0) is 58.9. The number of rotatable bonds is 17. The van der Waals surface area contributed by atoms with Crippen LogP contribution in [0, 0.1) is 25.5 Å². The zero-order valence-corrected chi connectivity index (χ0v) is 47.0.